The Morgan fingerprint density at radius 1 is 1.18 bits per heavy atom. The van der Waals surface area contributed by atoms with Crippen molar-refractivity contribution in [2.45, 2.75) is 52.9 Å². The average molecular weight is 381 g/mol. The van der Waals surface area contributed by atoms with Crippen molar-refractivity contribution >= 4 is 22.6 Å². The van der Waals surface area contributed by atoms with E-state index < -0.39 is 0 Å². The minimum atomic E-state index is 0.0443. The number of allylic oxidation sites excluding steroid dienone is 1. The van der Waals surface area contributed by atoms with E-state index >= 15 is 0 Å². The molecular weight excluding hydrogens is 348 g/mol. The molecule has 0 unspecified atom stereocenters. The van der Waals surface area contributed by atoms with Crippen LogP contribution >= 0.6 is 0 Å². The molecule has 0 bridgehead atoms. The Balaban J connectivity index is 1.68. The number of anilines is 1. The van der Waals surface area contributed by atoms with E-state index in [-0.39, 0.29) is 5.41 Å². The highest BCUT2D eigenvalue weighted by Gasteiger charge is 2.24. The van der Waals surface area contributed by atoms with Gasteiger partial charge in [0.2, 0.25) is 0 Å². The number of nitrogens with two attached hydrogens (primary N) is 1. The largest absolute Gasteiger partial charge is 0.382 e. The molecule has 28 heavy (non-hydrogen) atoms. The van der Waals surface area contributed by atoms with Crippen LogP contribution in [0.25, 0.3) is 11.1 Å². The Morgan fingerprint density at radius 2 is 1.96 bits per heavy atom. The molecule has 2 aliphatic rings. The lowest BCUT2D eigenvalue weighted by atomic mass is 9.86. The van der Waals surface area contributed by atoms with Crippen LogP contribution in [0, 0.1) is 5.41 Å². The Labute approximate surface area is 167 Å². The van der Waals surface area contributed by atoms with Gasteiger partial charge >= 0.3 is 0 Å². The summed E-state index contributed by atoms with van der Waals surface area (Å²) in [7, 11) is 0. The van der Waals surface area contributed by atoms with Gasteiger partial charge in [-0.3, -0.25) is 4.99 Å². The van der Waals surface area contributed by atoms with Crippen molar-refractivity contribution in [3.8, 4) is 0 Å². The van der Waals surface area contributed by atoms with Crippen LogP contribution < -0.4 is 5.73 Å². The number of rotatable bonds is 5. The van der Waals surface area contributed by atoms with Crippen molar-refractivity contribution in [3.63, 3.8) is 0 Å². The fourth-order valence-corrected chi connectivity index (χ4v) is 4.31. The van der Waals surface area contributed by atoms with E-state index in [9.17, 15) is 0 Å². The molecule has 6 heteroatoms. The molecule has 1 saturated heterocycles. The molecule has 2 aliphatic heterocycles. The number of hydrogen-bond donors (Lipinski definition) is 1. The summed E-state index contributed by atoms with van der Waals surface area (Å²) in [5.41, 5.74) is 12.1. The molecule has 0 aliphatic carbocycles. The molecule has 6 nitrogen and oxygen atoms in total. The highest BCUT2D eigenvalue weighted by atomic mass is 15.3. The summed E-state index contributed by atoms with van der Waals surface area (Å²) in [6, 6.07) is 2.19. The number of aromatic nitrogens is 3. The summed E-state index contributed by atoms with van der Waals surface area (Å²) < 4.78 is 1.99. The van der Waals surface area contributed by atoms with Crippen LogP contribution in [0.4, 0.5) is 5.82 Å². The molecule has 0 aromatic carbocycles. The Kier molecular flexibility index (Phi) is 5.23. The second kappa shape index (κ2) is 7.66. The van der Waals surface area contributed by atoms with Gasteiger partial charge < -0.3 is 10.6 Å². The number of dihydropyridines is 1. The molecule has 2 aromatic heterocycles. The summed E-state index contributed by atoms with van der Waals surface area (Å²) in [6.07, 6.45) is 9.65. The number of aliphatic imine (C=N–C) groups is 1. The molecule has 0 spiro atoms. The first-order valence-electron chi connectivity index (χ1n) is 10.5. The minimum Gasteiger partial charge on any atom is -0.382 e. The monoisotopic (exact) mass is 380 g/mol. The lowest BCUT2D eigenvalue weighted by molar-refractivity contribution is 0.334. The van der Waals surface area contributed by atoms with Crippen LogP contribution in [-0.4, -0.2) is 51.4 Å². The highest BCUT2D eigenvalue weighted by molar-refractivity contribution is 6.05. The lowest BCUT2D eigenvalue weighted by Crippen LogP contribution is -2.22. The van der Waals surface area contributed by atoms with Crippen molar-refractivity contribution < 1.29 is 0 Å². The van der Waals surface area contributed by atoms with Gasteiger partial charge in [-0.1, -0.05) is 20.8 Å². The maximum atomic E-state index is 6.17. The van der Waals surface area contributed by atoms with Gasteiger partial charge in [0, 0.05) is 17.7 Å². The zero-order valence-corrected chi connectivity index (χ0v) is 17.4. The van der Waals surface area contributed by atoms with E-state index in [1.54, 1.807) is 6.33 Å². The van der Waals surface area contributed by atoms with Crippen LogP contribution in [0.5, 0.6) is 0 Å². The predicted molar refractivity (Wildman–Crippen MR) is 116 cm³/mol. The summed E-state index contributed by atoms with van der Waals surface area (Å²) in [5.74, 6) is 0.545. The second-order valence-corrected chi connectivity index (χ2v) is 9.05. The van der Waals surface area contributed by atoms with Gasteiger partial charge in [0.15, 0.2) is 5.82 Å². The fourth-order valence-electron chi connectivity index (χ4n) is 4.31. The molecule has 2 N–H and O–H groups in total. The third-order valence-corrected chi connectivity index (χ3v) is 5.85. The Bertz CT molecular complexity index is 909. The first-order chi connectivity index (χ1) is 13.4. The predicted octanol–water partition coefficient (Wildman–Crippen LogP) is 3.61. The standard InChI is InChI=1S/C22H32N6/c1-22(2,3)19-14-17(8-9-24-19)20-16(7-6-12-27-10-4-5-11-27)13-18-21(23)25-15-26-28(18)20/h13-15H,4-12H2,1-3H3,(H2,23,25,26). The summed E-state index contributed by atoms with van der Waals surface area (Å²) in [5, 5.41) is 4.55. The fraction of sp³-hybridized carbons (Fsp3) is 0.591. The van der Waals surface area contributed by atoms with Crippen molar-refractivity contribution in [2.24, 2.45) is 10.4 Å². The Morgan fingerprint density at radius 3 is 2.71 bits per heavy atom. The molecule has 150 valence electrons. The van der Waals surface area contributed by atoms with Gasteiger partial charge in [0.05, 0.1) is 5.69 Å². The number of nitrogens with zero attached hydrogens (tertiary/aromatic N) is 5. The molecule has 4 rings (SSSR count). The minimum absolute atomic E-state index is 0.0443. The van der Waals surface area contributed by atoms with Gasteiger partial charge in [-0.2, -0.15) is 5.10 Å². The lowest BCUT2D eigenvalue weighted by Gasteiger charge is -2.24. The maximum Gasteiger partial charge on any atom is 0.151 e. The van der Waals surface area contributed by atoms with Crippen molar-refractivity contribution in [1.29, 1.82) is 0 Å². The molecule has 0 saturated carbocycles. The number of nitrogen functional groups attached to an aromatic ring is 1. The third kappa shape index (κ3) is 3.83. The normalized spacial score (nSPS) is 18.5. The molecule has 4 heterocycles. The van der Waals surface area contributed by atoms with Crippen LogP contribution in [0.1, 0.15) is 57.7 Å². The van der Waals surface area contributed by atoms with Gasteiger partial charge in [-0.15, -0.1) is 0 Å². The molecule has 0 radical (unpaired) electrons. The molecule has 0 atom stereocenters. The van der Waals surface area contributed by atoms with Crippen LogP contribution in [0.15, 0.2) is 23.5 Å². The molecule has 1 fully saturated rings. The number of aryl methyl sites for hydroxylation is 1. The average Bonchev–Trinajstić information content (AvgIpc) is 3.30. The molecule has 0 amide bonds. The van der Waals surface area contributed by atoms with E-state index in [0.29, 0.717) is 5.82 Å². The van der Waals surface area contributed by atoms with Gasteiger partial charge in [0.25, 0.3) is 0 Å². The van der Waals surface area contributed by atoms with Gasteiger partial charge in [0.1, 0.15) is 11.8 Å². The quantitative estimate of drug-likeness (QED) is 0.860. The van der Waals surface area contributed by atoms with Crippen molar-refractivity contribution in [1.82, 2.24) is 19.5 Å². The zero-order chi connectivity index (χ0) is 19.7. The first kappa shape index (κ1) is 19.1. The summed E-state index contributed by atoms with van der Waals surface area (Å²) in [4.78, 5) is 11.5. The van der Waals surface area contributed by atoms with Crippen LogP contribution in [-0.2, 0) is 6.42 Å². The van der Waals surface area contributed by atoms with Crippen LogP contribution in [0.3, 0.4) is 0 Å². The third-order valence-electron chi connectivity index (χ3n) is 5.85. The summed E-state index contributed by atoms with van der Waals surface area (Å²) in [6.45, 7) is 11.2. The second-order valence-electron chi connectivity index (χ2n) is 9.05. The molecular formula is C22H32N6. The van der Waals surface area contributed by atoms with E-state index in [2.05, 4.69) is 47.9 Å². The Hall–Kier alpha value is -2.21. The SMILES string of the molecule is CC(C)(C)C1=NCCC(c2c(CCCN3CCCC3)cc3c(N)ncnn23)=C1. The van der Waals surface area contributed by atoms with Crippen molar-refractivity contribution in [2.75, 3.05) is 31.9 Å². The molecule has 2 aromatic rings. The van der Waals surface area contributed by atoms with E-state index in [4.69, 9.17) is 10.7 Å². The maximum absolute atomic E-state index is 6.17. The van der Waals surface area contributed by atoms with Crippen molar-refractivity contribution in [3.05, 3.63) is 29.7 Å². The number of likely N-dealkylation sites (tertiary alicyclic amines) is 1. The smallest absolute Gasteiger partial charge is 0.151 e. The first-order valence-corrected chi connectivity index (χ1v) is 10.5. The van der Waals surface area contributed by atoms with Gasteiger partial charge in [-0.05, 0) is 75.0 Å². The summed E-state index contributed by atoms with van der Waals surface area (Å²) >= 11 is 0. The van der Waals surface area contributed by atoms with Gasteiger partial charge in [-0.25, -0.2) is 9.50 Å². The zero-order valence-electron chi connectivity index (χ0n) is 17.4. The van der Waals surface area contributed by atoms with E-state index in [0.717, 1.165) is 37.0 Å². The topological polar surface area (TPSA) is 71.8 Å². The number of hydrogen-bond acceptors (Lipinski definition) is 5. The number of fused-ring (bicyclic) bond motifs is 1. The highest BCUT2D eigenvalue weighted by Crippen LogP contribution is 2.32. The van der Waals surface area contributed by atoms with E-state index in [1.807, 2.05) is 4.52 Å². The van der Waals surface area contributed by atoms with E-state index in [1.165, 1.54) is 49.3 Å². The van der Waals surface area contributed by atoms with Crippen LogP contribution in [0.2, 0.25) is 0 Å².